The van der Waals surface area contributed by atoms with Gasteiger partial charge in [0.15, 0.2) is 0 Å². The number of hydrogen-bond acceptors (Lipinski definition) is 4. The number of methoxy groups -OCH3 is 1. The van der Waals surface area contributed by atoms with Crippen molar-refractivity contribution < 1.29 is 24.2 Å². The van der Waals surface area contributed by atoms with Gasteiger partial charge in [0.25, 0.3) is 0 Å². The van der Waals surface area contributed by atoms with Gasteiger partial charge in [-0.25, -0.2) is 4.79 Å². The number of carboxylic acid groups (broad SMARTS) is 1. The first kappa shape index (κ1) is 15.4. The predicted octanol–water partition coefficient (Wildman–Crippen LogP) is 0.699. The lowest BCUT2D eigenvalue weighted by molar-refractivity contribution is -0.142. The summed E-state index contributed by atoms with van der Waals surface area (Å²) in [5.74, 6) is -1.65. The van der Waals surface area contributed by atoms with E-state index >= 15 is 0 Å². The van der Waals surface area contributed by atoms with E-state index in [4.69, 9.17) is 5.11 Å². The van der Waals surface area contributed by atoms with Crippen LogP contribution in [0.1, 0.15) is 39.0 Å². The summed E-state index contributed by atoms with van der Waals surface area (Å²) in [5, 5.41) is 11.2. The molecule has 1 amide bonds. The molecular formula is C11H19NO5. The van der Waals surface area contributed by atoms with Gasteiger partial charge in [-0.2, -0.15) is 0 Å². The zero-order valence-corrected chi connectivity index (χ0v) is 10.2. The SMILES string of the molecule is COC(=O)CCCCC[C@H](NC(C)=O)C(=O)O. The smallest absolute Gasteiger partial charge is 0.326 e. The number of carbonyl (C=O) groups excluding carboxylic acids is 2. The maximum Gasteiger partial charge on any atom is 0.326 e. The molecule has 0 aliphatic carbocycles. The molecule has 0 aromatic rings. The molecule has 0 aromatic carbocycles. The van der Waals surface area contributed by atoms with Gasteiger partial charge in [0, 0.05) is 13.3 Å². The third kappa shape index (κ3) is 8.24. The van der Waals surface area contributed by atoms with Crippen LogP contribution in [0.2, 0.25) is 0 Å². The van der Waals surface area contributed by atoms with Crippen LogP contribution in [0.4, 0.5) is 0 Å². The number of carboxylic acids is 1. The predicted molar refractivity (Wildman–Crippen MR) is 60.3 cm³/mol. The van der Waals surface area contributed by atoms with E-state index in [1.807, 2.05) is 0 Å². The summed E-state index contributed by atoms with van der Waals surface area (Å²) in [6.07, 6.45) is 2.76. The maximum absolute atomic E-state index is 10.8. The second kappa shape index (κ2) is 8.55. The number of esters is 1. The summed E-state index contributed by atoms with van der Waals surface area (Å²) in [4.78, 5) is 32.3. The molecule has 98 valence electrons. The fourth-order valence-electron chi connectivity index (χ4n) is 1.40. The Kier molecular flexibility index (Phi) is 7.75. The van der Waals surface area contributed by atoms with Crippen molar-refractivity contribution in [3.63, 3.8) is 0 Å². The van der Waals surface area contributed by atoms with Crippen LogP contribution in [0.5, 0.6) is 0 Å². The van der Waals surface area contributed by atoms with E-state index in [9.17, 15) is 14.4 Å². The van der Waals surface area contributed by atoms with E-state index in [1.165, 1.54) is 14.0 Å². The van der Waals surface area contributed by atoms with Gasteiger partial charge >= 0.3 is 11.9 Å². The van der Waals surface area contributed by atoms with E-state index in [0.29, 0.717) is 25.7 Å². The normalized spacial score (nSPS) is 11.6. The molecule has 2 N–H and O–H groups in total. The Balaban J connectivity index is 3.72. The third-order valence-corrected chi connectivity index (χ3v) is 2.28. The van der Waals surface area contributed by atoms with E-state index in [1.54, 1.807) is 0 Å². The first-order valence-corrected chi connectivity index (χ1v) is 5.54. The lowest BCUT2D eigenvalue weighted by Gasteiger charge is -2.12. The summed E-state index contributed by atoms with van der Waals surface area (Å²) in [6, 6.07) is -0.842. The molecule has 17 heavy (non-hydrogen) atoms. The molecule has 0 radical (unpaired) electrons. The Morgan fingerprint density at radius 1 is 1.24 bits per heavy atom. The fourth-order valence-corrected chi connectivity index (χ4v) is 1.40. The summed E-state index contributed by atoms with van der Waals surface area (Å²) >= 11 is 0. The molecule has 0 spiro atoms. The van der Waals surface area contributed by atoms with E-state index in [-0.39, 0.29) is 11.9 Å². The standard InChI is InChI=1S/C11H19NO5/c1-8(13)12-9(11(15)16)6-4-3-5-7-10(14)17-2/h9H,3-7H2,1-2H3,(H,12,13)(H,15,16)/t9-/m0/s1. The molecule has 0 saturated carbocycles. The summed E-state index contributed by atoms with van der Waals surface area (Å²) in [7, 11) is 1.33. The van der Waals surface area contributed by atoms with Crippen LogP contribution in [-0.4, -0.2) is 36.1 Å². The van der Waals surface area contributed by atoms with Gasteiger partial charge in [-0.1, -0.05) is 12.8 Å². The molecule has 0 saturated heterocycles. The van der Waals surface area contributed by atoms with Gasteiger partial charge < -0.3 is 15.2 Å². The van der Waals surface area contributed by atoms with Crippen LogP contribution in [0, 0.1) is 0 Å². The lowest BCUT2D eigenvalue weighted by atomic mass is 10.1. The minimum Gasteiger partial charge on any atom is -0.480 e. The van der Waals surface area contributed by atoms with Crippen molar-refractivity contribution in [1.82, 2.24) is 5.32 Å². The van der Waals surface area contributed by atoms with Gasteiger partial charge in [-0.3, -0.25) is 9.59 Å². The molecule has 6 nitrogen and oxygen atoms in total. The van der Waals surface area contributed by atoms with Gasteiger partial charge in [0.2, 0.25) is 5.91 Å². The van der Waals surface area contributed by atoms with Gasteiger partial charge in [-0.15, -0.1) is 0 Å². The van der Waals surface area contributed by atoms with E-state index in [2.05, 4.69) is 10.1 Å². The highest BCUT2D eigenvalue weighted by molar-refractivity contribution is 5.81. The van der Waals surface area contributed by atoms with E-state index in [0.717, 1.165) is 6.42 Å². The van der Waals surface area contributed by atoms with Gasteiger partial charge in [-0.05, 0) is 12.8 Å². The van der Waals surface area contributed by atoms with Crippen LogP contribution in [0.15, 0.2) is 0 Å². The largest absolute Gasteiger partial charge is 0.480 e. The van der Waals surface area contributed by atoms with Crippen LogP contribution < -0.4 is 5.32 Å². The van der Waals surface area contributed by atoms with Gasteiger partial charge in [0.1, 0.15) is 6.04 Å². The van der Waals surface area contributed by atoms with Crippen LogP contribution >= 0.6 is 0 Å². The minimum absolute atomic E-state index is 0.262. The van der Waals surface area contributed by atoms with Crippen molar-refractivity contribution in [2.45, 2.75) is 45.1 Å². The molecule has 0 fully saturated rings. The summed E-state index contributed by atoms with van der Waals surface area (Å²) in [5.41, 5.74) is 0. The molecule has 0 heterocycles. The summed E-state index contributed by atoms with van der Waals surface area (Å²) < 4.78 is 4.48. The number of aliphatic carboxylic acids is 1. The Labute approximate surface area is 100 Å². The van der Waals surface area contributed by atoms with Crippen molar-refractivity contribution in [3.05, 3.63) is 0 Å². The zero-order chi connectivity index (χ0) is 13.3. The number of rotatable bonds is 8. The first-order chi connectivity index (χ1) is 7.97. The lowest BCUT2D eigenvalue weighted by Crippen LogP contribution is -2.39. The fraction of sp³-hybridized carbons (Fsp3) is 0.727. The highest BCUT2D eigenvalue weighted by Gasteiger charge is 2.17. The zero-order valence-electron chi connectivity index (χ0n) is 10.2. The van der Waals surface area contributed by atoms with Gasteiger partial charge in [0.05, 0.1) is 7.11 Å². The van der Waals surface area contributed by atoms with Crippen molar-refractivity contribution in [2.24, 2.45) is 0 Å². The third-order valence-electron chi connectivity index (χ3n) is 2.28. The second-order valence-electron chi connectivity index (χ2n) is 3.77. The highest BCUT2D eigenvalue weighted by atomic mass is 16.5. The van der Waals surface area contributed by atoms with Crippen LogP contribution in [0.25, 0.3) is 0 Å². The van der Waals surface area contributed by atoms with Crippen molar-refractivity contribution >= 4 is 17.8 Å². The summed E-state index contributed by atoms with van der Waals surface area (Å²) in [6.45, 7) is 1.28. The Hall–Kier alpha value is -1.59. The number of ether oxygens (including phenoxy) is 1. The van der Waals surface area contributed by atoms with Crippen molar-refractivity contribution in [3.8, 4) is 0 Å². The first-order valence-electron chi connectivity index (χ1n) is 5.54. The number of hydrogen-bond donors (Lipinski definition) is 2. The average molecular weight is 245 g/mol. The molecule has 6 heteroatoms. The Bertz CT molecular complexity index is 277. The number of nitrogens with one attached hydrogen (secondary N) is 1. The van der Waals surface area contributed by atoms with E-state index < -0.39 is 12.0 Å². The molecule has 0 unspecified atom stereocenters. The number of unbranched alkanes of at least 4 members (excludes halogenated alkanes) is 2. The van der Waals surface area contributed by atoms with Crippen molar-refractivity contribution in [2.75, 3.05) is 7.11 Å². The molecule has 0 aliphatic rings. The topological polar surface area (TPSA) is 92.7 Å². The minimum atomic E-state index is -1.03. The van der Waals surface area contributed by atoms with Crippen LogP contribution in [0.3, 0.4) is 0 Å². The molecule has 1 atom stereocenters. The Morgan fingerprint density at radius 2 is 1.88 bits per heavy atom. The molecule has 0 rings (SSSR count). The maximum atomic E-state index is 10.8. The second-order valence-corrected chi connectivity index (χ2v) is 3.77. The molecule has 0 aromatic heterocycles. The van der Waals surface area contributed by atoms with Crippen LogP contribution in [-0.2, 0) is 19.1 Å². The highest BCUT2D eigenvalue weighted by Crippen LogP contribution is 2.06. The Morgan fingerprint density at radius 3 is 2.35 bits per heavy atom. The molecular weight excluding hydrogens is 226 g/mol. The van der Waals surface area contributed by atoms with Crippen molar-refractivity contribution in [1.29, 1.82) is 0 Å². The monoisotopic (exact) mass is 245 g/mol. The molecule has 0 bridgehead atoms. The molecule has 0 aliphatic heterocycles. The number of amides is 1. The number of carbonyl (C=O) groups is 3. The average Bonchev–Trinajstić information content (AvgIpc) is 2.25. The quantitative estimate of drug-likeness (QED) is 0.485.